The van der Waals surface area contributed by atoms with Crippen molar-refractivity contribution >= 4 is 40.0 Å². The number of hydrogen-bond donors (Lipinski definition) is 1. The Bertz CT molecular complexity index is 568. The number of nitrogens with one attached hydrogen (secondary N) is 1. The van der Waals surface area contributed by atoms with Gasteiger partial charge in [0.05, 0.1) is 11.7 Å². The molecule has 0 aliphatic heterocycles. The molecule has 1 unspecified atom stereocenters. The standard InChI is InChI=1S/C11H16IN5O/c1-5-6(2)17-10-8(7(3)16-17)14-11(18-12)9(13-4)15-10/h6H,5H2,1-4H3,(H,13,15). The topological polar surface area (TPSA) is 64.9 Å². The summed E-state index contributed by atoms with van der Waals surface area (Å²) in [6.07, 6.45) is 0.997. The van der Waals surface area contributed by atoms with Crippen molar-refractivity contribution < 1.29 is 3.07 Å². The lowest BCUT2D eigenvalue weighted by Crippen LogP contribution is -2.07. The molecule has 98 valence electrons. The molecule has 0 fully saturated rings. The Morgan fingerprint density at radius 3 is 2.72 bits per heavy atom. The number of nitrogens with zero attached hydrogens (tertiary/aromatic N) is 4. The van der Waals surface area contributed by atoms with Crippen LogP contribution in [0.4, 0.5) is 5.82 Å². The van der Waals surface area contributed by atoms with E-state index in [1.807, 2.05) is 11.6 Å². The van der Waals surface area contributed by atoms with Gasteiger partial charge in [0.2, 0.25) is 0 Å². The largest absolute Gasteiger partial charge is 0.404 e. The van der Waals surface area contributed by atoms with Crippen LogP contribution in [0.15, 0.2) is 0 Å². The van der Waals surface area contributed by atoms with Gasteiger partial charge in [-0.2, -0.15) is 5.10 Å². The SMILES string of the molecule is CCC(C)n1nc(C)c2nc(OI)c(NC)nc21. The number of halogens is 1. The molecule has 2 heterocycles. The van der Waals surface area contributed by atoms with Crippen LogP contribution >= 0.6 is 23.0 Å². The maximum Gasteiger partial charge on any atom is 0.268 e. The van der Waals surface area contributed by atoms with Crippen LogP contribution in [0.5, 0.6) is 5.88 Å². The zero-order valence-electron chi connectivity index (χ0n) is 10.9. The van der Waals surface area contributed by atoms with E-state index >= 15 is 0 Å². The first-order chi connectivity index (χ1) is 8.62. The molecular weight excluding hydrogens is 345 g/mol. The molecule has 2 aromatic heterocycles. The van der Waals surface area contributed by atoms with Gasteiger partial charge < -0.3 is 8.38 Å². The molecule has 18 heavy (non-hydrogen) atoms. The van der Waals surface area contributed by atoms with E-state index in [0.29, 0.717) is 17.7 Å². The van der Waals surface area contributed by atoms with Crippen molar-refractivity contribution in [3.63, 3.8) is 0 Å². The lowest BCUT2D eigenvalue weighted by Gasteiger charge is -2.10. The Morgan fingerprint density at radius 2 is 2.17 bits per heavy atom. The van der Waals surface area contributed by atoms with E-state index < -0.39 is 0 Å². The van der Waals surface area contributed by atoms with Crippen LogP contribution in [0.2, 0.25) is 0 Å². The predicted molar refractivity (Wildman–Crippen MR) is 79.3 cm³/mol. The van der Waals surface area contributed by atoms with Crippen LogP contribution in [0, 0.1) is 6.92 Å². The Kier molecular flexibility index (Phi) is 3.88. The fourth-order valence-electron chi connectivity index (χ4n) is 1.77. The van der Waals surface area contributed by atoms with Crippen molar-refractivity contribution in [2.45, 2.75) is 33.2 Å². The predicted octanol–water partition coefficient (Wildman–Crippen LogP) is 2.88. The van der Waals surface area contributed by atoms with E-state index in [1.54, 1.807) is 30.1 Å². The lowest BCUT2D eigenvalue weighted by molar-refractivity contribution is 0.487. The third kappa shape index (κ3) is 2.11. The Balaban J connectivity index is 2.70. The molecular formula is C11H16IN5O. The number of anilines is 1. The monoisotopic (exact) mass is 361 g/mol. The van der Waals surface area contributed by atoms with E-state index in [4.69, 9.17) is 3.07 Å². The van der Waals surface area contributed by atoms with Gasteiger partial charge in [0.15, 0.2) is 34.5 Å². The normalized spacial score (nSPS) is 12.7. The average Bonchev–Trinajstić information content (AvgIpc) is 2.73. The smallest absolute Gasteiger partial charge is 0.268 e. The van der Waals surface area contributed by atoms with Crippen molar-refractivity contribution in [2.75, 3.05) is 12.4 Å². The van der Waals surface area contributed by atoms with Gasteiger partial charge >= 0.3 is 0 Å². The van der Waals surface area contributed by atoms with Gasteiger partial charge in [-0.1, -0.05) is 6.92 Å². The molecule has 2 aromatic rings. The van der Waals surface area contributed by atoms with Gasteiger partial charge in [0, 0.05) is 7.05 Å². The number of aryl methyl sites for hydroxylation is 1. The third-order valence-corrected chi connectivity index (χ3v) is 3.40. The summed E-state index contributed by atoms with van der Waals surface area (Å²) in [7, 11) is 1.80. The van der Waals surface area contributed by atoms with Gasteiger partial charge in [0.1, 0.15) is 5.52 Å². The van der Waals surface area contributed by atoms with Crippen LogP contribution in [0.1, 0.15) is 32.0 Å². The highest BCUT2D eigenvalue weighted by atomic mass is 127. The summed E-state index contributed by atoms with van der Waals surface area (Å²) in [5.74, 6) is 1.11. The van der Waals surface area contributed by atoms with Crippen LogP contribution < -0.4 is 8.38 Å². The molecule has 0 aromatic carbocycles. The minimum Gasteiger partial charge on any atom is -0.404 e. The molecule has 0 bridgehead atoms. The molecule has 0 saturated heterocycles. The van der Waals surface area contributed by atoms with Gasteiger partial charge in [-0.25, -0.2) is 14.6 Å². The molecule has 1 atom stereocenters. The zero-order valence-corrected chi connectivity index (χ0v) is 13.0. The molecule has 1 N–H and O–H groups in total. The van der Waals surface area contributed by atoms with Gasteiger partial charge in [0.25, 0.3) is 5.88 Å². The molecule has 0 aliphatic rings. The molecule has 0 amide bonds. The first-order valence-electron chi connectivity index (χ1n) is 5.85. The molecule has 0 saturated carbocycles. The van der Waals surface area contributed by atoms with Gasteiger partial charge in [-0.3, -0.25) is 0 Å². The molecule has 0 spiro atoms. The van der Waals surface area contributed by atoms with Crippen LogP contribution in [0.25, 0.3) is 11.2 Å². The summed E-state index contributed by atoms with van der Waals surface area (Å²) < 4.78 is 7.12. The van der Waals surface area contributed by atoms with Crippen molar-refractivity contribution in [1.82, 2.24) is 19.7 Å². The molecule has 0 aliphatic carbocycles. The lowest BCUT2D eigenvalue weighted by atomic mass is 10.3. The van der Waals surface area contributed by atoms with Gasteiger partial charge in [-0.15, -0.1) is 0 Å². The Hall–Kier alpha value is -1.12. The second-order valence-corrected chi connectivity index (χ2v) is 4.60. The third-order valence-electron chi connectivity index (χ3n) is 2.98. The fourth-order valence-corrected chi connectivity index (χ4v) is 2.07. The van der Waals surface area contributed by atoms with Crippen LogP contribution in [0.3, 0.4) is 0 Å². The van der Waals surface area contributed by atoms with E-state index in [-0.39, 0.29) is 0 Å². The highest BCUT2D eigenvalue weighted by molar-refractivity contribution is 14.1. The molecule has 7 heteroatoms. The zero-order chi connectivity index (χ0) is 13.3. The minimum absolute atomic E-state index is 0.298. The van der Waals surface area contributed by atoms with E-state index in [9.17, 15) is 0 Å². The number of fused-ring (bicyclic) bond motifs is 1. The summed E-state index contributed by atoms with van der Waals surface area (Å²) in [6.45, 7) is 6.18. The summed E-state index contributed by atoms with van der Waals surface area (Å²) >= 11 is 1.80. The Morgan fingerprint density at radius 1 is 1.44 bits per heavy atom. The van der Waals surface area contributed by atoms with Crippen molar-refractivity contribution in [1.29, 1.82) is 0 Å². The first-order valence-corrected chi connectivity index (χ1v) is 6.73. The number of rotatable bonds is 4. The highest BCUT2D eigenvalue weighted by Gasteiger charge is 2.17. The van der Waals surface area contributed by atoms with Crippen LogP contribution in [-0.4, -0.2) is 26.8 Å². The van der Waals surface area contributed by atoms with E-state index in [0.717, 1.165) is 23.3 Å². The summed E-state index contributed by atoms with van der Waals surface area (Å²) in [5.41, 5.74) is 2.46. The molecule has 0 radical (unpaired) electrons. The maximum atomic E-state index is 5.19. The van der Waals surface area contributed by atoms with Gasteiger partial charge in [-0.05, 0) is 20.3 Å². The number of aromatic nitrogens is 4. The van der Waals surface area contributed by atoms with Crippen molar-refractivity contribution in [3.05, 3.63) is 5.69 Å². The van der Waals surface area contributed by atoms with E-state index in [2.05, 4.69) is 34.2 Å². The van der Waals surface area contributed by atoms with Crippen molar-refractivity contribution in [2.24, 2.45) is 0 Å². The molecule has 6 nitrogen and oxygen atoms in total. The average molecular weight is 361 g/mol. The quantitative estimate of drug-likeness (QED) is 0.849. The maximum absolute atomic E-state index is 5.19. The second kappa shape index (κ2) is 5.25. The fraction of sp³-hybridized carbons (Fsp3) is 0.545. The number of hydrogen-bond acceptors (Lipinski definition) is 5. The Labute approximate surface area is 120 Å². The summed E-state index contributed by atoms with van der Waals surface area (Å²) in [6, 6.07) is 0.298. The van der Waals surface area contributed by atoms with Crippen LogP contribution in [-0.2, 0) is 0 Å². The second-order valence-electron chi connectivity index (χ2n) is 4.16. The summed E-state index contributed by atoms with van der Waals surface area (Å²) in [5, 5.41) is 7.50. The molecule has 2 rings (SSSR count). The van der Waals surface area contributed by atoms with E-state index in [1.165, 1.54) is 0 Å². The first kappa shape index (κ1) is 13.3. The van der Waals surface area contributed by atoms with Crippen molar-refractivity contribution in [3.8, 4) is 5.88 Å². The minimum atomic E-state index is 0.298. The summed E-state index contributed by atoms with van der Waals surface area (Å²) in [4.78, 5) is 9.01. The highest BCUT2D eigenvalue weighted by Crippen LogP contribution is 2.27.